The predicted octanol–water partition coefficient (Wildman–Crippen LogP) is 5.74. The topological polar surface area (TPSA) is 92.7 Å². The van der Waals surface area contributed by atoms with E-state index in [-0.39, 0.29) is 0 Å². The van der Waals surface area contributed by atoms with Gasteiger partial charge in [-0.3, -0.25) is 4.79 Å². The molecule has 0 unspecified atom stereocenters. The Morgan fingerprint density at radius 2 is 1.34 bits per heavy atom. The highest BCUT2D eigenvalue weighted by molar-refractivity contribution is 7.99. The normalized spacial score (nSPS) is 12.4. The molecule has 2 N–H and O–H groups in total. The number of aryl methyl sites for hydroxylation is 1. The van der Waals surface area contributed by atoms with Crippen molar-refractivity contribution in [3.8, 4) is 0 Å². The van der Waals surface area contributed by atoms with Crippen LogP contribution in [0.25, 0.3) is 0 Å². The molecule has 2 aromatic heterocycles. The highest BCUT2D eigenvalue weighted by Crippen LogP contribution is 2.42. The SMILES string of the molecule is CCc1ccc2c(c1)Nc1nccnc1S2.O=Cc1ccc2c(c1)Nc1nccnc1S2. The van der Waals surface area contributed by atoms with Crippen molar-refractivity contribution in [2.75, 3.05) is 10.6 Å². The van der Waals surface area contributed by atoms with Crippen LogP contribution in [0.2, 0.25) is 0 Å². The van der Waals surface area contributed by atoms with Crippen molar-refractivity contribution in [3.63, 3.8) is 0 Å². The molecule has 0 saturated heterocycles. The van der Waals surface area contributed by atoms with Gasteiger partial charge in [-0.2, -0.15) is 0 Å². The van der Waals surface area contributed by atoms with Gasteiger partial charge >= 0.3 is 0 Å². The maximum Gasteiger partial charge on any atom is 0.163 e. The lowest BCUT2D eigenvalue weighted by Gasteiger charge is -2.19. The van der Waals surface area contributed by atoms with Gasteiger partial charge in [0.15, 0.2) is 11.6 Å². The minimum Gasteiger partial charge on any atom is -0.337 e. The van der Waals surface area contributed by atoms with Crippen molar-refractivity contribution in [3.05, 3.63) is 72.3 Å². The van der Waals surface area contributed by atoms with Gasteiger partial charge in [0, 0.05) is 40.1 Å². The molecule has 2 aliphatic rings. The second kappa shape index (κ2) is 8.97. The molecule has 6 rings (SSSR count). The monoisotopic (exact) mass is 458 g/mol. The second-order valence-corrected chi connectivity index (χ2v) is 8.99. The van der Waals surface area contributed by atoms with Crippen LogP contribution in [-0.4, -0.2) is 26.2 Å². The van der Waals surface area contributed by atoms with Crippen LogP contribution < -0.4 is 10.6 Å². The molecule has 0 amide bonds. The number of fused-ring (bicyclic) bond motifs is 4. The predicted molar refractivity (Wildman–Crippen MR) is 127 cm³/mol. The Labute approximate surface area is 193 Å². The van der Waals surface area contributed by atoms with Gasteiger partial charge in [-0.15, -0.1) is 0 Å². The maximum atomic E-state index is 10.7. The summed E-state index contributed by atoms with van der Waals surface area (Å²) in [6.07, 6.45) is 8.62. The van der Waals surface area contributed by atoms with Gasteiger partial charge in [0.25, 0.3) is 0 Å². The number of aldehydes is 1. The fourth-order valence-electron chi connectivity index (χ4n) is 3.23. The van der Waals surface area contributed by atoms with Gasteiger partial charge in [0.2, 0.25) is 0 Å². The van der Waals surface area contributed by atoms with Crippen molar-refractivity contribution >= 4 is 52.8 Å². The number of hydrogen-bond acceptors (Lipinski definition) is 9. The molecule has 4 heterocycles. The highest BCUT2D eigenvalue weighted by atomic mass is 32.2. The number of aromatic nitrogens is 4. The molecule has 0 fully saturated rings. The van der Waals surface area contributed by atoms with Crippen LogP contribution in [-0.2, 0) is 6.42 Å². The summed E-state index contributed by atoms with van der Waals surface area (Å²) in [5, 5.41) is 8.28. The fraction of sp³-hybridized carbons (Fsp3) is 0.0870. The van der Waals surface area contributed by atoms with Gasteiger partial charge in [0.05, 0.1) is 11.4 Å². The van der Waals surface area contributed by atoms with Crippen LogP contribution in [0.15, 0.2) is 81.0 Å². The molecule has 0 saturated carbocycles. The number of nitrogens with one attached hydrogen (secondary N) is 2. The molecule has 4 aromatic rings. The summed E-state index contributed by atoms with van der Waals surface area (Å²) in [5.41, 5.74) is 4.03. The van der Waals surface area contributed by atoms with E-state index in [1.54, 1.807) is 54.4 Å². The number of anilines is 4. The Morgan fingerprint density at radius 1 is 0.781 bits per heavy atom. The molecule has 0 spiro atoms. The van der Waals surface area contributed by atoms with E-state index in [4.69, 9.17) is 0 Å². The van der Waals surface area contributed by atoms with Gasteiger partial charge in [0.1, 0.15) is 16.3 Å². The van der Waals surface area contributed by atoms with Gasteiger partial charge in [-0.25, -0.2) is 19.9 Å². The fourth-order valence-corrected chi connectivity index (χ4v) is 4.98. The largest absolute Gasteiger partial charge is 0.337 e. The number of nitrogens with zero attached hydrogens (tertiary/aromatic N) is 4. The highest BCUT2D eigenvalue weighted by Gasteiger charge is 2.18. The zero-order valence-corrected chi connectivity index (χ0v) is 18.7. The van der Waals surface area contributed by atoms with E-state index in [1.165, 1.54) is 10.5 Å². The summed E-state index contributed by atoms with van der Waals surface area (Å²) < 4.78 is 0. The van der Waals surface area contributed by atoms with Gasteiger partial charge in [-0.1, -0.05) is 42.6 Å². The maximum absolute atomic E-state index is 10.7. The van der Waals surface area contributed by atoms with E-state index in [0.29, 0.717) is 5.56 Å². The minimum absolute atomic E-state index is 0.652. The number of carbonyl (C=O) groups is 1. The van der Waals surface area contributed by atoms with Crippen LogP contribution in [0.4, 0.5) is 23.0 Å². The van der Waals surface area contributed by atoms with E-state index in [2.05, 4.69) is 55.7 Å². The minimum atomic E-state index is 0.652. The third-order valence-corrected chi connectivity index (χ3v) is 6.98. The molecule has 2 aromatic carbocycles. The van der Waals surface area contributed by atoms with Crippen molar-refractivity contribution in [2.24, 2.45) is 0 Å². The molecule has 0 aliphatic carbocycles. The van der Waals surface area contributed by atoms with E-state index in [9.17, 15) is 4.79 Å². The van der Waals surface area contributed by atoms with Crippen LogP contribution in [0.1, 0.15) is 22.8 Å². The standard InChI is InChI=1S/C12H11N3S.C11H7N3OS/c1-2-8-3-4-10-9(7-8)15-11-12(16-10)14-6-5-13-11;15-6-7-1-2-9-8(5-7)14-10-11(16-9)13-4-3-12-10/h3-7H,2H2,1H3,(H,13,15);1-6H,(H,12,14). The molecular formula is C23H18N6OS2. The third-order valence-electron chi connectivity index (χ3n) is 4.84. The Kier molecular flexibility index (Phi) is 5.74. The van der Waals surface area contributed by atoms with Crippen LogP contribution in [0.5, 0.6) is 0 Å². The van der Waals surface area contributed by atoms with E-state index < -0.39 is 0 Å². The first-order valence-electron chi connectivity index (χ1n) is 9.97. The third kappa shape index (κ3) is 4.17. The average molecular weight is 459 g/mol. The summed E-state index contributed by atoms with van der Waals surface area (Å²) in [7, 11) is 0. The lowest BCUT2D eigenvalue weighted by atomic mass is 10.1. The molecule has 0 radical (unpaired) electrons. The van der Waals surface area contributed by atoms with Gasteiger partial charge in [-0.05, 0) is 36.2 Å². The van der Waals surface area contributed by atoms with E-state index in [1.807, 2.05) is 12.1 Å². The Bertz CT molecular complexity index is 1310. The van der Waals surface area contributed by atoms with E-state index >= 15 is 0 Å². The number of carbonyl (C=O) groups excluding carboxylic acids is 1. The molecule has 0 atom stereocenters. The molecule has 9 heteroatoms. The number of hydrogen-bond donors (Lipinski definition) is 2. The Morgan fingerprint density at radius 3 is 1.94 bits per heavy atom. The smallest absolute Gasteiger partial charge is 0.163 e. The molecule has 0 bridgehead atoms. The number of benzene rings is 2. The van der Waals surface area contributed by atoms with E-state index in [0.717, 1.165) is 50.7 Å². The lowest BCUT2D eigenvalue weighted by Crippen LogP contribution is -2.03. The quantitative estimate of drug-likeness (QED) is 0.315. The van der Waals surface area contributed by atoms with Crippen molar-refractivity contribution in [1.29, 1.82) is 0 Å². The molecule has 158 valence electrons. The van der Waals surface area contributed by atoms with Crippen molar-refractivity contribution < 1.29 is 4.79 Å². The van der Waals surface area contributed by atoms with Crippen LogP contribution >= 0.6 is 23.5 Å². The van der Waals surface area contributed by atoms with Crippen LogP contribution in [0, 0.1) is 0 Å². The lowest BCUT2D eigenvalue weighted by molar-refractivity contribution is 0.112. The first kappa shape index (κ1) is 20.5. The Hall–Kier alpha value is -3.43. The zero-order chi connectivity index (χ0) is 21.9. The summed E-state index contributed by atoms with van der Waals surface area (Å²) >= 11 is 3.22. The summed E-state index contributed by atoms with van der Waals surface area (Å²) in [6, 6.07) is 12.0. The molecule has 32 heavy (non-hydrogen) atoms. The Balaban J connectivity index is 0.000000135. The first-order chi connectivity index (χ1) is 15.7. The first-order valence-corrected chi connectivity index (χ1v) is 11.6. The average Bonchev–Trinajstić information content (AvgIpc) is 2.85. The molecular weight excluding hydrogens is 440 g/mol. The summed E-state index contributed by atoms with van der Waals surface area (Å²) in [4.78, 5) is 29.9. The van der Waals surface area contributed by atoms with Crippen molar-refractivity contribution in [2.45, 2.75) is 33.2 Å². The van der Waals surface area contributed by atoms with Crippen LogP contribution in [0.3, 0.4) is 0 Å². The molecule has 2 aliphatic heterocycles. The summed E-state index contributed by atoms with van der Waals surface area (Å²) in [5.74, 6) is 1.59. The number of rotatable bonds is 2. The zero-order valence-electron chi connectivity index (χ0n) is 17.1. The van der Waals surface area contributed by atoms with Crippen molar-refractivity contribution in [1.82, 2.24) is 19.9 Å². The summed E-state index contributed by atoms with van der Waals surface area (Å²) in [6.45, 7) is 2.16. The van der Waals surface area contributed by atoms with Gasteiger partial charge < -0.3 is 10.6 Å². The molecule has 7 nitrogen and oxygen atoms in total. The second-order valence-electron chi connectivity index (χ2n) is 6.93.